The van der Waals surface area contributed by atoms with Gasteiger partial charge in [-0.15, -0.1) is 0 Å². The molecule has 0 spiro atoms. The van der Waals surface area contributed by atoms with E-state index in [0.717, 1.165) is 45.4 Å². The maximum atomic E-state index is 12.4. The maximum absolute atomic E-state index is 12.4. The summed E-state index contributed by atoms with van der Waals surface area (Å²) in [5.41, 5.74) is -0.157. The quantitative estimate of drug-likeness (QED) is 0.789. The molecule has 0 aromatic heterocycles. The van der Waals surface area contributed by atoms with E-state index in [4.69, 9.17) is 0 Å². The van der Waals surface area contributed by atoms with Crippen molar-refractivity contribution in [3.05, 3.63) is 0 Å². The van der Waals surface area contributed by atoms with E-state index in [2.05, 4.69) is 22.5 Å². The second-order valence-corrected chi connectivity index (χ2v) is 6.85. The van der Waals surface area contributed by atoms with Crippen LogP contribution in [0.1, 0.15) is 26.2 Å². The maximum Gasteiger partial charge on any atom is 0.227 e. The first-order valence-corrected chi connectivity index (χ1v) is 8.71. The lowest BCUT2D eigenvalue weighted by Gasteiger charge is -2.35. The Morgan fingerprint density at radius 2 is 2.21 bits per heavy atom. The van der Waals surface area contributed by atoms with E-state index < -0.39 is 0 Å². The van der Waals surface area contributed by atoms with Gasteiger partial charge in [0.25, 0.3) is 0 Å². The van der Waals surface area contributed by atoms with E-state index in [1.54, 1.807) is 0 Å². The van der Waals surface area contributed by atoms with Gasteiger partial charge in [-0.05, 0) is 25.8 Å². The van der Waals surface area contributed by atoms with Gasteiger partial charge < -0.3 is 10.6 Å². The highest BCUT2D eigenvalue weighted by atomic mass is 32.2. The smallest absolute Gasteiger partial charge is 0.227 e. The molecule has 0 saturated carbocycles. The van der Waals surface area contributed by atoms with Crippen molar-refractivity contribution in [2.75, 3.05) is 50.8 Å². The van der Waals surface area contributed by atoms with E-state index in [-0.39, 0.29) is 11.3 Å². The molecule has 2 N–H and O–H groups in total. The zero-order valence-corrected chi connectivity index (χ0v) is 12.9. The van der Waals surface area contributed by atoms with Gasteiger partial charge in [0, 0.05) is 44.2 Å². The second kappa shape index (κ2) is 7.50. The van der Waals surface area contributed by atoms with Crippen molar-refractivity contribution in [3.63, 3.8) is 0 Å². The number of hydrogen-bond donors (Lipinski definition) is 2. The van der Waals surface area contributed by atoms with Gasteiger partial charge in [0.2, 0.25) is 5.91 Å². The summed E-state index contributed by atoms with van der Waals surface area (Å²) in [4.78, 5) is 14.9. The van der Waals surface area contributed by atoms with Gasteiger partial charge in [0.15, 0.2) is 0 Å². The number of nitrogens with one attached hydrogen (secondary N) is 2. The van der Waals surface area contributed by atoms with Gasteiger partial charge in [0.1, 0.15) is 0 Å². The molecule has 4 nitrogen and oxygen atoms in total. The molecule has 2 fully saturated rings. The Bertz CT molecular complexity index is 286. The third kappa shape index (κ3) is 4.10. The predicted octanol–water partition coefficient (Wildman–Crippen LogP) is 0.931. The Morgan fingerprint density at radius 3 is 2.84 bits per heavy atom. The molecule has 0 aromatic rings. The number of hydrogen-bond acceptors (Lipinski definition) is 4. The fourth-order valence-corrected chi connectivity index (χ4v) is 3.94. The van der Waals surface area contributed by atoms with Crippen molar-refractivity contribution < 1.29 is 4.79 Å². The van der Waals surface area contributed by atoms with Crippen LogP contribution in [0.2, 0.25) is 0 Å². The number of nitrogens with zero attached hydrogens (tertiary/aromatic N) is 1. The summed E-state index contributed by atoms with van der Waals surface area (Å²) in [6, 6.07) is 0. The number of amides is 1. The van der Waals surface area contributed by atoms with Gasteiger partial charge >= 0.3 is 0 Å². The summed E-state index contributed by atoms with van der Waals surface area (Å²) in [7, 11) is 0. The van der Waals surface area contributed by atoms with Crippen LogP contribution >= 0.6 is 11.8 Å². The minimum Gasteiger partial charge on any atom is -0.354 e. The van der Waals surface area contributed by atoms with Crippen LogP contribution in [-0.2, 0) is 4.79 Å². The zero-order chi connectivity index (χ0) is 13.6. The summed E-state index contributed by atoms with van der Waals surface area (Å²) < 4.78 is 0. The van der Waals surface area contributed by atoms with Crippen molar-refractivity contribution in [3.8, 4) is 0 Å². The van der Waals surface area contributed by atoms with Gasteiger partial charge in [-0.1, -0.05) is 6.92 Å². The highest BCUT2D eigenvalue weighted by Gasteiger charge is 2.37. The van der Waals surface area contributed by atoms with Crippen LogP contribution in [0.3, 0.4) is 0 Å². The van der Waals surface area contributed by atoms with E-state index >= 15 is 0 Å². The standard InChI is InChI=1S/C14H27N3OS/c1-2-14(4-3-5-15-12-14)13(18)16-6-7-17-8-10-19-11-9-17/h15H,2-12H2,1H3,(H,16,18). The molecule has 1 unspecified atom stereocenters. The molecule has 2 aliphatic heterocycles. The summed E-state index contributed by atoms with van der Waals surface area (Å²) in [6.45, 7) is 8.16. The molecule has 0 aromatic carbocycles. The number of thioether (sulfide) groups is 1. The first-order valence-electron chi connectivity index (χ1n) is 7.56. The van der Waals surface area contributed by atoms with E-state index in [9.17, 15) is 4.79 Å². The average molecular weight is 285 g/mol. The summed E-state index contributed by atoms with van der Waals surface area (Å²) in [6.07, 6.45) is 3.08. The van der Waals surface area contributed by atoms with Crippen LogP contribution in [0, 0.1) is 5.41 Å². The molecule has 1 amide bonds. The molecule has 19 heavy (non-hydrogen) atoms. The second-order valence-electron chi connectivity index (χ2n) is 5.62. The van der Waals surface area contributed by atoms with Crippen LogP contribution < -0.4 is 10.6 Å². The van der Waals surface area contributed by atoms with Crippen molar-refractivity contribution in [1.82, 2.24) is 15.5 Å². The summed E-state index contributed by atoms with van der Waals surface area (Å²) >= 11 is 2.03. The fraction of sp³-hybridized carbons (Fsp3) is 0.929. The van der Waals surface area contributed by atoms with Crippen LogP contribution in [0.15, 0.2) is 0 Å². The fourth-order valence-electron chi connectivity index (χ4n) is 2.96. The number of carbonyl (C=O) groups excluding carboxylic acids is 1. The van der Waals surface area contributed by atoms with Crippen molar-refractivity contribution in [2.45, 2.75) is 26.2 Å². The Morgan fingerprint density at radius 1 is 1.42 bits per heavy atom. The number of carbonyl (C=O) groups is 1. The normalized spacial score (nSPS) is 29.1. The third-order valence-electron chi connectivity index (χ3n) is 4.45. The molecule has 110 valence electrons. The van der Waals surface area contributed by atoms with E-state index in [1.807, 2.05) is 11.8 Å². The highest BCUT2D eigenvalue weighted by Crippen LogP contribution is 2.30. The molecule has 5 heteroatoms. The summed E-state index contributed by atoms with van der Waals surface area (Å²) in [5.74, 6) is 2.72. The Kier molecular flexibility index (Phi) is 5.98. The van der Waals surface area contributed by atoms with Crippen LogP contribution in [0.25, 0.3) is 0 Å². The minimum atomic E-state index is -0.157. The van der Waals surface area contributed by atoms with Gasteiger partial charge in [-0.3, -0.25) is 9.69 Å². The molecule has 0 radical (unpaired) electrons. The molecule has 0 bridgehead atoms. The van der Waals surface area contributed by atoms with Crippen molar-refractivity contribution in [1.29, 1.82) is 0 Å². The van der Waals surface area contributed by atoms with Crippen LogP contribution in [0.5, 0.6) is 0 Å². The van der Waals surface area contributed by atoms with Crippen molar-refractivity contribution >= 4 is 17.7 Å². The topological polar surface area (TPSA) is 44.4 Å². The van der Waals surface area contributed by atoms with Gasteiger partial charge in [-0.2, -0.15) is 11.8 Å². The molecular weight excluding hydrogens is 258 g/mol. The lowest BCUT2D eigenvalue weighted by molar-refractivity contribution is -0.132. The molecule has 0 aliphatic carbocycles. The lowest BCUT2D eigenvalue weighted by Crippen LogP contribution is -2.51. The first-order chi connectivity index (χ1) is 9.27. The first kappa shape index (κ1) is 15.1. The number of piperidine rings is 1. The van der Waals surface area contributed by atoms with Gasteiger partial charge in [-0.25, -0.2) is 0 Å². The zero-order valence-electron chi connectivity index (χ0n) is 12.0. The number of rotatable bonds is 5. The molecule has 1 atom stereocenters. The van der Waals surface area contributed by atoms with Crippen molar-refractivity contribution in [2.24, 2.45) is 5.41 Å². The third-order valence-corrected chi connectivity index (χ3v) is 5.39. The Balaban J connectivity index is 1.73. The Labute approximate surface area is 121 Å². The summed E-state index contributed by atoms with van der Waals surface area (Å²) in [5, 5.41) is 6.54. The monoisotopic (exact) mass is 285 g/mol. The Hall–Kier alpha value is -0.260. The largest absolute Gasteiger partial charge is 0.354 e. The minimum absolute atomic E-state index is 0.157. The molecule has 2 rings (SSSR count). The van der Waals surface area contributed by atoms with Gasteiger partial charge in [0.05, 0.1) is 5.41 Å². The SMILES string of the molecule is CCC1(C(=O)NCCN2CCSCC2)CCCNC1. The molecule has 2 saturated heterocycles. The van der Waals surface area contributed by atoms with E-state index in [1.165, 1.54) is 24.6 Å². The highest BCUT2D eigenvalue weighted by molar-refractivity contribution is 7.99. The van der Waals surface area contributed by atoms with E-state index in [0.29, 0.717) is 0 Å². The molecular formula is C14H27N3OS. The average Bonchev–Trinajstić information content (AvgIpc) is 2.49. The molecule has 2 aliphatic rings. The lowest BCUT2D eigenvalue weighted by atomic mass is 9.77. The predicted molar refractivity (Wildman–Crippen MR) is 81.6 cm³/mol. The van der Waals surface area contributed by atoms with Crippen LogP contribution in [-0.4, -0.2) is 61.6 Å². The molecule has 2 heterocycles. The van der Waals surface area contributed by atoms with Crippen LogP contribution in [0.4, 0.5) is 0 Å².